The van der Waals surface area contributed by atoms with Gasteiger partial charge in [-0.2, -0.15) is 21.6 Å². The van der Waals surface area contributed by atoms with Crippen molar-refractivity contribution in [3.63, 3.8) is 0 Å². The van der Waals surface area contributed by atoms with Gasteiger partial charge >= 0.3 is 21.6 Å². The second-order valence-corrected chi connectivity index (χ2v) is 18.3. The van der Waals surface area contributed by atoms with E-state index in [1.807, 2.05) is 33.9 Å². The molecule has 0 bridgehead atoms. The van der Waals surface area contributed by atoms with E-state index in [4.69, 9.17) is 9.16 Å². The van der Waals surface area contributed by atoms with Gasteiger partial charge in [-0.05, 0) is 32.0 Å². The molecule has 198 valence electrons. The van der Waals surface area contributed by atoms with Gasteiger partial charge in [0, 0.05) is 4.75 Å². The summed E-state index contributed by atoms with van der Waals surface area (Å²) in [5.74, 6) is 2.83. The molecular weight excluding hydrogens is 527 g/mol. The monoisotopic (exact) mass is 557 g/mol. The summed E-state index contributed by atoms with van der Waals surface area (Å²) < 4.78 is 77.7. The first kappa shape index (κ1) is 29.7. The minimum absolute atomic E-state index is 0.141. The number of alkyl halides is 3. The number of carbonyl (C=O) groups excluding carboxylic acids is 2. The summed E-state index contributed by atoms with van der Waals surface area (Å²) in [4.78, 5) is 26.8. The Labute approximate surface area is 209 Å². The Morgan fingerprint density at radius 3 is 2.34 bits per heavy atom. The molecule has 8 nitrogen and oxygen atoms in total. The normalized spacial score (nSPS) is 26.3. The van der Waals surface area contributed by atoms with E-state index in [0.29, 0.717) is 0 Å². The van der Waals surface area contributed by atoms with Crippen LogP contribution in [0.1, 0.15) is 34.6 Å². The van der Waals surface area contributed by atoms with Gasteiger partial charge in [0.1, 0.15) is 18.0 Å². The Morgan fingerprint density at radius 2 is 1.86 bits per heavy atom. The summed E-state index contributed by atoms with van der Waals surface area (Å²) in [7, 11) is -8.48. The lowest BCUT2D eigenvalue weighted by molar-refractivity contribution is -0.178. The standard InChI is InChI=1S/C21H30F3NO7S2Si/c1-9-12-30-15(26)14-19(5,6)33-17-20(16(27)25(14)17,32-34(28,29)21(22,23)24)11-10-13-31-35(7,8)18(2,3)4/h9,14,17H,1,12-13H2,2-8H3/t14-,17+,20+/m0/s1. The zero-order chi connectivity index (χ0) is 27.3. The van der Waals surface area contributed by atoms with Crippen molar-refractivity contribution >= 4 is 42.1 Å². The molecule has 0 aliphatic carbocycles. The highest BCUT2D eigenvalue weighted by atomic mass is 32.2. The SMILES string of the molecule is C=CCOC(=O)[C@@H]1N2C(=O)[C@@](C#CCO[Si](C)(C)C(C)(C)C)(OS(=O)(=O)C(F)(F)F)[C@H]2SC1(C)C. The van der Waals surface area contributed by atoms with Crippen LogP contribution in [0.15, 0.2) is 12.7 Å². The average molecular weight is 558 g/mol. The minimum atomic E-state index is -6.19. The zero-order valence-electron chi connectivity index (χ0n) is 20.6. The van der Waals surface area contributed by atoms with Crippen LogP contribution >= 0.6 is 11.8 Å². The van der Waals surface area contributed by atoms with Crippen molar-refractivity contribution in [2.75, 3.05) is 13.2 Å². The van der Waals surface area contributed by atoms with Gasteiger partial charge in [-0.15, -0.1) is 11.8 Å². The van der Waals surface area contributed by atoms with Crippen LogP contribution in [0.25, 0.3) is 0 Å². The van der Waals surface area contributed by atoms with Crippen molar-refractivity contribution in [3.8, 4) is 11.8 Å². The van der Waals surface area contributed by atoms with E-state index in [9.17, 15) is 31.2 Å². The minimum Gasteiger partial charge on any atom is -0.460 e. The predicted molar refractivity (Wildman–Crippen MR) is 127 cm³/mol. The molecule has 0 saturated carbocycles. The molecule has 35 heavy (non-hydrogen) atoms. The van der Waals surface area contributed by atoms with Crippen LogP contribution in [-0.2, 0) is 33.1 Å². The highest BCUT2D eigenvalue weighted by molar-refractivity contribution is 8.01. The molecule has 14 heteroatoms. The average Bonchev–Trinajstić information content (AvgIpc) is 2.95. The molecule has 3 atom stereocenters. The summed E-state index contributed by atoms with van der Waals surface area (Å²) in [6, 6.07) is -1.19. The summed E-state index contributed by atoms with van der Waals surface area (Å²) in [6.45, 7) is 16.0. The summed E-state index contributed by atoms with van der Waals surface area (Å²) in [5.41, 5.74) is -8.44. The van der Waals surface area contributed by atoms with Crippen LogP contribution in [0, 0.1) is 11.8 Å². The number of hydrogen-bond acceptors (Lipinski definition) is 8. The lowest BCUT2D eigenvalue weighted by Gasteiger charge is -2.48. The number of fused-ring (bicyclic) bond motifs is 1. The number of rotatable bonds is 7. The third-order valence-corrected chi connectivity index (χ3v) is 13.3. The molecule has 2 rings (SSSR count). The third-order valence-electron chi connectivity index (χ3n) is 6.18. The number of thioether (sulfide) groups is 1. The number of amides is 1. The lowest BCUT2D eigenvalue weighted by Crippen LogP contribution is -2.74. The van der Waals surface area contributed by atoms with E-state index >= 15 is 0 Å². The number of carbonyl (C=O) groups is 2. The van der Waals surface area contributed by atoms with Crippen molar-refractivity contribution in [1.82, 2.24) is 4.90 Å². The van der Waals surface area contributed by atoms with Crippen molar-refractivity contribution < 1.29 is 44.5 Å². The number of esters is 1. The van der Waals surface area contributed by atoms with E-state index in [1.165, 1.54) is 6.08 Å². The number of β-lactam (4-membered cyclic amide) rings is 1. The number of hydrogen-bond donors (Lipinski definition) is 0. The predicted octanol–water partition coefficient (Wildman–Crippen LogP) is 3.41. The molecule has 2 aliphatic rings. The molecule has 0 unspecified atom stereocenters. The summed E-state index contributed by atoms with van der Waals surface area (Å²) >= 11 is 0.904. The fraction of sp³-hybridized carbons (Fsp3) is 0.714. The molecular formula is C21H30F3NO7S2Si. The molecule has 1 amide bonds. The Bertz CT molecular complexity index is 1060. The molecule has 0 spiro atoms. The van der Waals surface area contributed by atoms with Crippen molar-refractivity contribution in [1.29, 1.82) is 0 Å². The second kappa shape index (κ2) is 9.40. The molecule has 2 aliphatic heterocycles. The van der Waals surface area contributed by atoms with E-state index in [-0.39, 0.29) is 18.3 Å². The first-order valence-corrected chi connectivity index (χ1v) is 15.8. The second-order valence-electron chi connectivity index (χ2n) is 10.2. The van der Waals surface area contributed by atoms with Crippen LogP contribution in [0.3, 0.4) is 0 Å². The third kappa shape index (κ3) is 5.43. The van der Waals surface area contributed by atoms with Crippen LogP contribution in [0.5, 0.6) is 0 Å². The molecule has 2 heterocycles. The van der Waals surface area contributed by atoms with E-state index < -0.39 is 57.6 Å². The Kier molecular flexibility index (Phi) is 7.98. The Morgan fingerprint density at radius 1 is 1.29 bits per heavy atom. The van der Waals surface area contributed by atoms with Crippen molar-refractivity contribution in [2.24, 2.45) is 0 Å². The fourth-order valence-corrected chi connectivity index (χ4v) is 6.45. The number of nitrogens with zero attached hydrogens (tertiary/aromatic N) is 1. The topological polar surface area (TPSA) is 99.2 Å². The Balaban J connectivity index is 2.46. The largest absolute Gasteiger partial charge is 0.523 e. The van der Waals surface area contributed by atoms with Crippen LogP contribution in [-0.4, -0.2) is 74.0 Å². The van der Waals surface area contributed by atoms with Gasteiger partial charge in [0.05, 0.1) is 6.61 Å². The van der Waals surface area contributed by atoms with Crippen LogP contribution < -0.4 is 0 Å². The smallest absolute Gasteiger partial charge is 0.460 e. The van der Waals surface area contributed by atoms with Crippen LogP contribution in [0.2, 0.25) is 18.1 Å². The Hall–Kier alpha value is -1.53. The molecule has 0 aromatic rings. The maximum absolute atomic E-state index is 13.2. The quantitative estimate of drug-likeness (QED) is 0.0894. The summed E-state index contributed by atoms with van der Waals surface area (Å²) in [6.07, 6.45) is 1.32. The van der Waals surface area contributed by atoms with Crippen molar-refractivity contribution in [2.45, 2.75) is 80.0 Å². The van der Waals surface area contributed by atoms with E-state index in [1.54, 1.807) is 13.8 Å². The highest BCUT2D eigenvalue weighted by Crippen LogP contribution is 2.57. The van der Waals surface area contributed by atoms with Gasteiger partial charge in [0.2, 0.25) is 0 Å². The maximum atomic E-state index is 13.2. The van der Waals surface area contributed by atoms with Gasteiger partial charge in [-0.3, -0.25) is 4.79 Å². The van der Waals surface area contributed by atoms with Gasteiger partial charge in [-0.25, -0.2) is 8.98 Å². The number of halogens is 3. The van der Waals surface area contributed by atoms with Crippen molar-refractivity contribution in [3.05, 3.63) is 12.7 Å². The molecule has 0 aromatic heterocycles. The van der Waals surface area contributed by atoms with Crippen LogP contribution in [0.4, 0.5) is 13.2 Å². The van der Waals surface area contributed by atoms with E-state index in [2.05, 4.69) is 22.6 Å². The van der Waals surface area contributed by atoms with Gasteiger partial charge in [-0.1, -0.05) is 45.3 Å². The van der Waals surface area contributed by atoms with Gasteiger partial charge < -0.3 is 14.1 Å². The maximum Gasteiger partial charge on any atom is 0.523 e. The first-order valence-electron chi connectivity index (χ1n) is 10.6. The number of ether oxygens (including phenoxy) is 1. The van der Waals surface area contributed by atoms with Gasteiger partial charge in [0.25, 0.3) is 11.5 Å². The molecule has 2 saturated heterocycles. The molecule has 2 fully saturated rings. The molecule has 0 radical (unpaired) electrons. The summed E-state index contributed by atoms with van der Waals surface area (Å²) in [5, 5.41) is -1.49. The first-order chi connectivity index (χ1) is 15.6. The highest BCUT2D eigenvalue weighted by Gasteiger charge is 2.75. The van der Waals surface area contributed by atoms with Gasteiger partial charge in [0.15, 0.2) is 8.32 Å². The molecule has 0 N–H and O–H groups in total. The molecule has 0 aromatic carbocycles. The van der Waals surface area contributed by atoms with E-state index in [0.717, 1.165) is 16.7 Å². The lowest BCUT2D eigenvalue weighted by atomic mass is 9.88. The fourth-order valence-electron chi connectivity index (χ4n) is 3.26. The zero-order valence-corrected chi connectivity index (χ0v) is 23.2.